The maximum Gasteiger partial charge on any atom is 0.311 e. The van der Waals surface area contributed by atoms with Crippen molar-refractivity contribution >= 4 is 5.97 Å². The monoisotopic (exact) mass is 328 g/mol. The number of carbonyl (C=O) groups excluding carboxylic acids is 1. The van der Waals surface area contributed by atoms with Gasteiger partial charge in [-0.1, -0.05) is 12.1 Å². The molecule has 0 saturated heterocycles. The molecule has 1 unspecified atom stereocenters. The number of ether oxygens (including phenoxy) is 2. The number of halogens is 1. The number of hydrogen-bond acceptors (Lipinski definition) is 6. The maximum absolute atomic E-state index is 13.7. The number of carbonyl (C=O) groups is 1. The predicted molar refractivity (Wildman–Crippen MR) is 80.0 cm³/mol. The van der Waals surface area contributed by atoms with Gasteiger partial charge in [0.25, 0.3) is 0 Å². The summed E-state index contributed by atoms with van der Waals surface area (Å²) in [4.78, 5) is 11.6. The van der Waals surface area contributed by atoms with Crippen molar-refractivity contribution in [2.75, 3.05) is 7.11 Å². The largest absolute Gasteiger partial charge is 0.469 e. The normalized spacial score (nSPS) is 16.1. The Kier molecular flexibility index (Phi) is 3.92. The van der Waals surface area contributed by atoms with E-state index in [2.05, 4.69) is 14.9 Å². The SMILES string of the molecule is COC(=O)Cc1[nH]nc2c1C(c1cccc(F)c1)C(C#N)=C(N)O2. The molecule has 1 atom stereocenters. The van der Waals surface area contributed by atoms with Crippen LogP contribution >= 0.6 is 0 Å². The number of esters is 1. The highest BCUT2D eigenvalue weighted by Gasteiger charge is 2.35. The summed E-state index contributed by atoms with van der Waals surface area (Å²) in [6.45, 7) is 0. The van der Waals surface area contributed by atoms with Gasteiger partial charge in [-0.25, -0.2) is 4.39 Å². The molecule has 3 rings (SSSR count). The number of methoxy groups -OCH3 is 1. The van der Waals surface area contributed by atoms with E-state index >= 15 is 0 Å². The fraction of sp³-hybridized carbons (Fsp3) is 0.188. The molecule has 24 heavy (non-hydrogen) atoms. The standard InChI is InChI=1S/C16H13FN4O3/c1-23-12(22)6-11-14-13(8-3-2-4-9(17)5-8)10(7-18)15(19)24-16(14)21-20-11/h2-5,13H,6,19H2,1H3,(H,20,21). The highest BCUT2D eigenvalue weighted by molar-refractivity contribution is 5.73. The van der Waals surface area contributed by atoms with Crippen molar-refractivity contribution in [2.45, 2.75) is 12.3 Å². The Morgan fingerprint density at radius 1 is 1.58 bits per heavy atom. The molecule has 0 bridgehead atoms. The lowest BCUT2D eigenvalue weighted by atomic mass is 9.83. The Balaban J connectivity index is 2.17. The van der Waals surface area contributed by atoms with Crippen LogP contribution in [-0.4, -0.2) is 23.3 Å². The van der Waals surface area contributed by atoms with Crippen molar-refractivity contribution in [1.82, 2.24) is 10.2 Å². The van der Waals surface area contributed by atoms with Gasteiger partial charge in [0.15, 0.2) is 0 Å². The van der Waals surface area contributed by atoms with E-state index in [-0.39, 0.29) is 23.8 Å². The number of allylic oxidation sites excluding steroid dienone is 1. The minimum absolute atomic E-state index is 0.0907. The maximum atomic E-state index is 13.7. The topological polar surface area (TPSA) is 114 Å². The van der Waals surface area contributed by atoms with Gasteiger partial charge in [0.2, 0.25) is 11.8 Å². The Hall–Kier alpha value is -3.34. The number of aromatic amines is 1. The smallest absolute Gasteiger partial charge is 0.311 e. The van der Waals surface area contributed by atoms with E-state index in [1.807, 2.05) is 6.07 Å². The number of nitrogens with one attached hydrogen (secondary N) is 1. The summed E-state index contributed by atoms with van der Waals surface area (Å²) in [7, 11) is 1.27. The minimum Gasteiger partial charge on any atom is -0.469 e. The molecule has 2 heterocycles. The van der Waals surface area contributed by atoms with Crippen LogP contribution in [0.2, 0.25) is 0 Å². The zero-order valence-electron chi connectivity index (χ0n) is 12.7. The summed E-state index contributed by atoms with van der Waals surface area (Å²) < 4.78 is 23.7. The zero-order chi connectivity index (χ0) is 17.3. The van der Waals surface area contributed by atoms with Crippen molar-refractivity contribution in [1.29, 1.82) is 5.26 Å². The Bertz CT molecular complexity index is 882. The molecule has 1 aliphatic rings. The molecule has 1 aromatic heterocycles. The molecule has 1 aromatic carbocycles. The average Bonchev–Trinajstić information content (AvgIpc) is 2.95. The molecule has 0 amide bonds. The molecule has 0 saturated carbocycles. The van der Waals surface area contributed by atoms with Gasteiger partial charge in [-0.3, -0.25) is 9.89 Å². The number of aromatic nitrogens is 2. The van der Waals surface area contributed by atoms with E-state index in [0.29, 0.717) is 16.8 Å². The molecule has 7 nitrogen and oxygen atoms in total. The quantitative estimate of drug-likeness (QED) is 0.825. The lowest BCUT2D eigenvalue weighted by Crippen LogP contribution is -2.22. The summed E-state index contributed by atoms with van der Waals surface area (Å²) in [5.41, 5.74) is 7.33. The molecular weight excluding hydrogens is 315 g/mol. The van der Waals surface area contributed by atoms with Crippen molar-refractivity contribution in [3.8, 4) is 11.9 Å². The molecule has 122 valence electrons. The lowest BCUT2D eigenvalue weighted by Gasteiger charge is -2.24. The van der Waals surface area contributed by atoms with Crippen molar-refractivity contribution in [3.63, 3.8) is 0 Å². The first-order chi connectivity index (χ1) is 11.5. The van der Waals surface area contributed by atoms with Gasteiger partial charge in [-0.15, -0.1) is 5.10 Å². The van der Waals surface area contributed by atoms with Gasteiger partial charge in [-0.2, -0.15) is 5.26 Å². The van der Waals surface area contributed by atoms with Crippen LogP contribution in [0.3, 0.4) is 0 Å². The van der Waals surface area contributed by atoms with E-state index in [1.54, 1.807) is 6.07 Å². The average molecular weight is 328 g/mol. The van der Waals surface area contributed by atoms with E-state index in [9.17, 15) is 14.4 Å². The van der Waals surface area contributed by atoms with Crippen LogP contribution in [0.15, 0.2) is 35.7 Å². The first kappa shape index (κ1) is 15.6. The van der Waals surface area contributed by atoms with Crippen LogP contribution in [-0.2, 0) is 16.0 Å². The minimum atomic E-state index is -0.687. The van der Waals surface area contributed by atoms with Gasteiger partial charge < -0.3 is 15.2 Å². The van der Waals surface area contributed by atoms with Gasteiger partial charge in [-0.05, 0) is 17.7 Å². The molecule has 0 aliphatic carbocycles. The van der Waals surface area contributed by atoms with Crippen LogP contribution in [0, 0.1) is 17.1 Å². The predicted octanol–water partition coefficient (Wildman–Crippen LogP) is 1.48. The zero-order valence-corrected chi connectivity index (χ0v) is 12.7. The Labute approximate surface area is 136 Å². The van der Waals surface area contributed by atoms with Crippen LogP contribution in [0.25, 0.3) is 0 Å². The van der Waals surface area contributed by atoms with Crippen LogP contribution in [0.1, 0.15) is 22.7 Å². The number of nitrogens with two attached hydrogens (primary N) is 1. The first-order valence-electron chi connectivity index (χ1n) is 7.02. The van der Waals surface area contributed by atoms with E-state index in [4.69, 9.17) is 10.5 Å². The summed E-state index contributed by atoms with van der Waals surface area (Å²) >= 11 is 0. The summed E-state index contributed by atoms with van der Waals surface area (Å²) in [6, 6.07) is 7.80. The second-order valence-corrected chi connectivity index (χ2v) is 5.15. The lowest BCUT2D eigenvalue weighted by molar-refractivity contribution is -0.139. The highest BCUT2D eigenvalue weighted by atomic mass is 19.1. The van der Waals surface area contributed by atoms with Crippen LogP contribution < -0.4 is 10.5 Å². The third-order valence-electron chi connectivity index (χ3n) is 3.75. The molecule has 1 aliphatic heterocycles. The van der Waals surface area contributed by atoms with Gasteiger partial charge >= 0.3 is 5.97 Å². The number of rotatable bonds is 3. The molecule has 0 radical (unpaired) electrons. The fourth-order valence-electron chi connectivity index (χ4n) is 2.68. The fourth-order valence-corrected chi connectivity index (χ4v) is 2.68. The van der Waals surface area contributed by atoms with E-state index in [1.165, 1.54) is 25.3 Å². The van der Waals surface area contributed by atoms with Crippen molar-refractivity contribution in [3.05, 3.63) is 58.4 Å². The van der Waals surface area contributed by atoms with Gasteiger partial charge in [0, 0.05) is 0 Å². The van der Waals surface area contributed by atoms with Crippen molar-refractivity contribution in [2.24, 2.45) is 5.73 Å². The van der Waals surface area contributed by atoms with Crippen molar-refractivity contribution < 1.29 is 18.7 Å². The number of nitriles is 1. The van der Waals surface area contributed by atoms with Gasteiger partial charge in [0.1, 0.15) is 17.5 Å². The number of H-pyrrole nitrogens is 1. The molecule has 0 fully saturated rings. The second-order valence-electron chi connectivity index (χ2n) is 5.15. The third kappa shape index (κ3) is 2.56. The summed E-state index contributed by atoms with van der Waals surface area (Å²) in [5, 5.41) is 16.1. The molecule has 2 aromatic rings. The molecular formula is C16H13FN4O3. The first-order valence-corrected chi connectivity index (χ1v) is 7.02. The van der Waals surface area contributed by atoms with Crippen LogP contribution in [0.5, 0.6) is 5.88 Å². The van der Waals surface area contributed by atoms with E-state index in [0.717, 1.165) is 0 Å². The number of benzene rings is 1. The molecule has 8 heteroatoms. The van der Waals surface area contributed by atoms with Gasteiger partial charge in [0.05, 0.1) is 30.7 Å². The summed E-state index contributed by atoms with van der Waals surface area (Å²) in [5.74, 6) is -1.57. The number of fused-ring (bicyclic) bond motifs is 1. The number of nitrogens with zero attached hydrogens (tertiary/aromatic N) is 2. The summed E-state index contributed by atoms with van der Waals surface area (Å²) in [6.07, 6.45) is -0.0907. The third-order valence-corrected chi connectivity index (χ3v) is 3.75. The number of hydrogen-bond donors (Lipinski definition) is 2. The second kappa shape index (κ2) is 6.04. The van der Waals surface area contributed by atoms with Crippen LogP contribution in [0.4, 0.5) is 4.39 Å². The Morgan fingerprint density at radius 2 is 2.38 bits per heavy atom. The Morgan fingerprint density at radius 3 is 3.04 bits per heavy atom. The molecule has 3 N–H and O–H groups in total. The van der Waals surface area contributed by atoms with E-state index < -0.39 is 17.7 Å². The molecule has 0 spiro atoms. The highest BCUT2D eigenvalue weighted by Crippen LogP contribution is 2.42.